The Morgan fingerprint density at radius 2 is 1.83 bits per heavy atom. The maximum absolute atomic E-state index is 13.3. The summed E-state index contributed by atoms with van der Waals surface area (Å²) in [6, 6.07) is 18.3. The van der Waals surface area contributed by atoms with Crippen LogP contribution in [0.5, 0.6) is 11.5 Å². The van der Waals surface area contributed by atoms with Crippen molar-refractivity contribution >= 4 is 57.6 Å². The number of hydrogen-bond acceptors (Lipinski definition) is 6. The number of carbonyl (C=O) groups excluding carboxylic acids is 2. The molecule has 1 N–H and O–H groups in total. The first-order valence-corrected chi connectivity index (χ1v) is 12.4. The highest BCUT2D eigenvalue weighted by molar-refractivity contribution is 8.27. The van der Waals surface area contributed by atoms with Crippen LogP contribution in [0, 0.1) is 12.7 Å². The molecule has 3 aromatic rings. The van der Waals surface area contributed by atoms with Crippen molar-refractivity contribution in [3.63, 3.8) is 0 Å². The van der Waals surface area contributed by atoms with E-state index in [4.69, 9.17) is 21.7 Å². The molecular formula is C27H23FN2O4S2. The smallest absolute Gasteiger partial charge is 0.270 e. The molecule has 1 aliphatic heterocycles. The number of ether oxygens (including phenoxy) is 2. The predicted octanol–water partition coefficient (Wildman–Crippen LogP) is 5.96. The maximum atomic E-state index is 13.3. The van der Waals surface area contributed by atoms with Crippen LogP contribution in [0.4, 0.5) is 15.8 Å². The Morgan fingerprint density at radius 1 is 1.08 bits per heavy atom. The number of amides is 2. The van der Waals surface area contributed by atoms with Gasteiger partial charge in [-0.1, -0.05) is 48.2 Å². The fourth-order valence-corrected chi connectivity index (χ4v) is 4.78. The molecule has 1 saturated heterocycles. The highest BCUT2D eigenvalue weighted by atomic mass is 32.2. The van der Waals surface area contributed by atoms with Gasteiger partial charge in [0.1, 0.15) is 5.82 Å². The van der Waals surface area contributed by atoms with Crippen LogP contribution in [0.3, 0.4) is 0 Å². The molecule has 1 aliphatic rings. The first-order chi connectivity index (χ1) is 17.4. The SMILES string of the molecule is CCOc1cc(/C=C2\SC(=S)N(c3ccc(F)cc3)C2=O)ccc1OCC(=O)Nc1ccccc1C. The standard InChI is InChI=1S/C27H23FN2O4S2/c1-3-33-23-14-18(8-13-22(23)34-16-25(31)29-21-7-5-4-6-17(21)2)15-24-26(32)30(27(35)36-24)20-11-9-19(28)10-12-20/h4-15H,3,16H2,1-2H3,(H,29,31)/b24-15-. The van der Waals surface area contributed by atoms with Crippen LogP contribution < -0.4 is 19.7 Å². The van der Waals surface area contributed by atoms with E-state index in [1.54, 1.807) is 24.3 Å². The number of aryl methyl sites for hydroxylation is 1. The van der Waals surface area contributed by atoms with Crippen molar-refractivity contribution in [2.75, 3.05) is 23.4 Å². The molecule has 6 nitrogen and oxygen atoms in total. The van der Waals surface area contributed by atoms with Gasteiger partial charge in [-0.3, -0.25) is 14.5 Å². The third-order valence-corrected chi connectivity index (χ3v) is 6.52. The Bertz CT molecular complexity index is 1340. The monoisotopic (exact) mass is 522 g/mol. The van der Waals surface area contributed by atoms with Gasteiger partial charge >= 0.3 is 0 Å². The minimum Gasteiger partial charge on any atom is -0.490 e. The van der Waals surface area contributed by atoms with E-state index < -0.39 is 5.82 Å². The first kappa shape index (κ1) is 25.4. The van der Waals surface area contributed by atoms with Crippen LogP contribution in [0.15, 0.2) is 71.6 Å². The van der Waals surface area contributed by atoms with Gasteiger partial charge in [-0.05, 0) is 73.5 Å². The van der Waals surface area contributed by atoms with E-state index in [0.717, 1.165) is 11.3 Å². The van der Waals surface area contributed by atoms with Crippen molar-refractivity contribution in [3.05, 3.63) is 88.6 Å². The number of para-hydroxylation sites is 1. The molecule has 0 aliphatic carbocycles. The molecule has 0 atom stereocenters. The highest BCUT2D eigenvalue weighted by Gasteiger charge is 2.33. The highest BCUT2D eigenvalue weighted by Crippen LogP contribution is 2.37. The van der Waals surface area contributed by atoms with Crippen molar-refractivity contribution in [1.29, 1.82) is 0 Å². The number of hydrogen-bond donors (Lipinski definition) is 1. The lowest BCUT2D eigenvalue weighted by Gasteiger charge is -2.14. The Balaban J connectivity index is 1.48. The number of anilines is 2. The molecule has 4 rings (SSSR count). The first-order valence-electron chi connectivity index (χ1n) is 11.1. The van der Waals surface area contributed by atoms with Crippen molar-refractivity contribution in [2.24, 2.45) is 0 Å². The third-order valence-electron chi connectivity index (χ3n) is 5.22. The van der Waals surface area contributed by atoms with E-state index >= 15 is 0 Å². The van der Waals surface area contributed by atoms with Crippen LogP contribution in [0.2, 0.25) is 0 Å². The van der Waals surface area contributed by atoms with E-state index in [9.17, 15) is 14.0 Å². The molecule has 0 radical (unpaired) electrons. The average molecular weight is 523 g/mol. The fourth-order valence-electron chi connectivity index (χ4n) is 3.48. The van der Waals surface area contributed by atoms with E-state index in [2.05, 4.69) is 5.32 Å². The van der Waals surface area contributed by atoms with Gasteiger partial charge in [0.2, 0.25) is 0 Å². The van der Waals surface area contributed by atoms with Gasteiger partial charge in [0.05, 0.1) is 17.2 Å². The van der Waals surface area contributed by atoms with E-state index in [1.807, 2.05) is 38.1 Å². The second-order valence-corrected chi connectivity index (χ2v) is 9.46. The minimum absolute atomic E-state index is 0.190. The molecule has 9 heteroatoms. The molecule has 1 heterocycles. The van der Waals surface area contributed by atoms with Crippen LogP contribution in [-0.2, 0) is 9.59 Å². The summed E-state index contributed by atoms with van der Waals surface area (Å²) < 4.78 is 25.1. The fraction of sp³-hybridized carbons (Fsp3) is 0.148. The van der Waals surface area contributed by atoms with E-state index in [1.165, 1.54) is 40.9 Å². The summed E-state index contributed by atoms with van der Waals surface area (Å²) in [5.74, 6) is -0.113. The zero-order chi connectivity index (χ0) is 25.7. The van der Waals surface area contributed by atoms with Crippen LogP contribution in [0.1, 0.15) is 18.1 Å². The number of benzene rings is 3. The lowest BCUT2D eigenvalue weighted by atomic mass is 10.1. The zero-order valence-electron chi connectivity index (χ0n) is 19.6. The molecule has 3 aromatic carbocycles. The Morgan fingerprint density at radius 3 is 2.56 bits per heavy atom. The molecule has 184 valence electrons. The van der Waals surface area contributed by atoms with Gasteiger partial charge in [0, 0.05) is 5.69 Å². The number of carbonyl (C=O) groups is 2. The van der Waals surface area contributed by atoms with Crippen LogP contribution >= 0.6 is 24.0 Å². The second kappa shape index (κ2) is 11.4. The van der Waals surface area contributed by atoms with Gasteiger partial charge < -0.3 is 14.8 Å². The van der Waals surface area contributed by atoms with Crippen LogP contribution in [-0.4, -0.2) is 29.3 Å². The Hall–Kier alpha value is -3.69. The molecule has 2 amide bonds. The van der Waals surface area contributed by atoms with E-state index in [-0.39, 0.29) is 18.4 Å². The topological polar surface area (TPSA) is 67.9 Å². The number of thiocarbonyl (C=S) groups is 1. The summed E-state index contributed by atoms with van der Waals surface area (Å²) in [6.45, 7) is 3.96. The molecule has 0 aromatic heterocycles. The molecule has 0 unspecified atom stereocenters. The van der Waals surface area contributed by atoms with Gasteiger partial charge in [-0.25, -0.2) is 4.39 Å². The Labute approximate surface area is 218 Å². The Kier molecular flexibility index (Phi) is 8.02. The number of thioether (sulfide) groups is 1. The summed E-state index contributed by atoms with van der Waals surface area (Å²) in [6.07, 6.45) is 1.71. The minimum atomic E-state index is -0.391. The normalized spacial score (nSPS) is 14.3. The zero-order valence-corrected chi connectivity index (χ0v) is 21.3. The number of halogens is 1. The summed E-state index contributed by atoms with van der Waals surface area (Å²) in [5, 5.41) is 2.83. The van der Waals surface area contributed by atoms with Crippen molar-refractivity contribution in [3.8, 4) is 11.5 Å². The van der Waals surface area contributed by atoms with Gasteiger partial charge in [0.25, 0.3) is 11.8 Å². The quantitative estimate of drug-likeness (QED) is 0.291. The second-order valence-electron chi connectivity index (χ2n) is 7.78. The summed E-state index contributed by atoms with van der Waals surface area (Å²) >= 11 is 6.54. The van der Waals surface area contributed by atoms with Crippen molar-refractivity contribution in [2.45, 2.75) is 13.8 Å². The molecule has 1 fully saturated rings. The van der Waals surface area contributed by atoms with Crippen molar-refractivity contribution < 1.29 is 23.5 Å². The summed E-state index contributed by atoms with van der Waals surface area (Å²) in [7, 11) is 0. The average Bonchev–Trinajstić information content (AvgIpc) is 3.13. The van der Waals surface area contributed by atoms with Gasteiger partial charge in [-0.15, -0.1) is 0 Å². The van der Waals surface area contributed by atoms with Gasteiger partial charge in [0.15, 0.2) is 22.4 Å². The summed E-state index contributed by atoms with van der Waals surface area (Å²) in [5.41, 5.74) is 2.89. The number of nitrogens with zero attached hydrogens (tertiary/aromatic N) is 1. The van der Waals surface area contributed by atoms with Gasteiger partial charge in [-0.2, -0.15) is 0 Å². The molecule has 36 heavy (non-hydrogen) atoms. The molecule has 0 spiro atoms. The predicted molar refractivity (Wildman–Crippen MR) is 145 cm³/mol. The maximum Gasteiger partial charge on any atom is 0.270 e. The summed E-state index contributed by atoms with van der Waals surface area (Å²) in [4.78, 5) is 27.2. The molecule has 0 bridgehead atoms. The largest absolute Gasteiger partial charge is 0.490 e. The number of nitrogens with one attached hydrogen (secondary N) is 1. The lowest BCUT2D eigenvalue weighted by molar-refractivity contribution is -0.118. The third kappa shape index (κ3) is 5.92. The van der Waals surface area contributed by atoms with Crippen LogP contribution in [0.25, 0.3) is 6.08 Å². The lowest BCUT2D eigenvalue weighted by Crippen LogP contribution is -2.27. The molecular weight excluding hydrogens is 499 g/mol. The molecule has 0 saturated carbocycles. The number of rotatable bonds is 8. The van der Waals surface area contributed by atoms with E-state index in [0.29, 0.717) is 38.6 Å². The van der Waals surface area contributed by atoms with Crippen molar-refractivity contribution in [1.82, 2.24) is 0 Å².